The van der Waals surface area contributed by atoms with E-state index in [1.807, 2.05) is 6.92 Å². The van der Waals surface area contributed by atoms with Gasteiger partial charge in [0.2, 0.25) is 0 Å². The van der Waals surface area contributed by atoms with Crippen molar-refractivity contribution in [1.29, 1.82) is 0 Å². The molecule has 0 amide bonds. The van der Waals surface area contributed by atoms with Gasteiger partial charge in [-0.25, -0.2) is 4.98 Å². The number of nitrogens with zero attached hydrogens (tertiary/aromatic N) is 1. The third kappa shape index (κ3) is 5.32. The fourth-order valence-corrected chi connectivity index (χ4v) is 2.91. The molecule has 1 heterocycles. The van der Waals surface area contributed by atoms with Crippen LogP contribution in [0.15, 0.2) is 23.4 Å². The molecule has 0 aromatic carbocycles. The van der Waals surface area contributed by atoms with Crippen LogP contribution in [-0.2, 0) is 6.18 Å². The number of hydrogen-bond acceptors (Lipinski definition) is 3. The molecule has 0 bridgehead atoms. The minimum atomic E-state index is -4.33. The Balaban J connectivity index is 2.65. The lowest BCUT2D eigenvalue weighted by atomic mass is 9.88. The second-order valence-corrected chi connectivity index (χ2v) is 6.71. The van der Waals surface area contributed by atoms with Gasteiger partial charge in [0.05, 0.1) is 10.6 Å². The summed E-state index contributed by atoms with van der Waals surface area (Å²) in [4.78, 5) is 3.87. The van der Waals surface area contributed by atoms with E-state index in [2.05, 4.69) is 31.1 Å². The molecule has 6 heteroatoms. The molecular formula is C14H21F3N2S. The highest BCUT2D eigenvalue weighted by Crippen LogP contribution is 2.30. The first-order chi connectivity index (χ1) is 9.14. The Bertz CT molecular complexity index is 410. The van der Waals surface area contributed by atoms with Crippen molar-refractivity contribution in [2.75, 3.05) is 12.3 Å². The van der Waals surface area contributed by atoms with E-state index in [0.717, 1.165) is 24.6 Å². The SMILES string of the molecule is CCNC(CSc1ccc(C(F)(F)F)cn1)C(C)(C)C. The summed E-state index contributed by atoms with van der Waals surface area (Å²) in [6.07, 6.45) is -3.43. The summed E-state index contributed by atoms with van der Waals surface area (Å²) in [6, 6.07) is 2.79. The van der Waals surface area contributed by atoms with Crippen LogP contribution in [0, 0.1) is 5.41 Å². The van der Waals surface area contributed by atoms with Gasteiger partial charge in [-0.3, -0.25) is 0 Å². The average molecular weight is 306 g/mol. The van der Waals surface area contributed by atoms with Crippen molar-refractivity contribution < 1.29 is 13.2 Å². The van der Waals surface area contributed by atoms with Gasteiger partial charge in [-0.1, -0.05) is 27.7 Å². The van der Waals surface area contributed by atoms with Gasteiger partial charge < -0.3 is 5.32 Å². The van der Waals surface area contributed by atoms with Gasteiger partial charge in [-0.2, -0.15) is 13.2 Å². The van der Waals surface area contributed by atoms with Crippen LogP contribution in [0.3, 0.4) is 0 Å². The topological polar surface area (TPSA) is 24.9 Å². The summed E-state index contributed by atoms with van der Waals surface area (Å²) in [5, 5.41) is 4.02. The summed E-state index contributed by atoms with van der Waals surface area (Å²) in [5.74, 6) is 0.774. The first-order valence-electron chi connectivity index (χ1n) is 6.54. The predicted molar refractivity (Wildman–Crippen MR) is 76.9 cm³/mol. The molecule has 1 rings (SSSR count). The number of thioether (sulfide) groups is 1. The Hall–Kier alpha value is -0.750. The van der Waals surface area contributed by atoms with Crippen LogP contribution < -0.4 is 5.32 Å². The van der Waals surface area contributed by atoms with Gasteiger partial charge in [-0.15, -0.1) is 11.8 Å². The second kappa shape index (κ2) is 6.80. The molecule has 0 saturated carbocycles. The quantitative estimate of drug-likeness (QED) is 0.825. The van der Waals surface area contributed by atoms with Gasteiger partial charge >= 0.3 is 6.18 Å². The molecule has 1 aromatic rings. The maximum Gasteiger partial charge on any atom is 0.417 e. The van der Waals surface area contributed by atoms with Crippen molar-refractivity contribution in [3.05, 3.63) is 23.9 Å². The van der Waals surface area contributed by atoms with Crippen molar-refractivity contribution in [2.45, 2.75) is 44.9 Å². The molecule has 114 valence electrons. The fraction of sp³-hybridized carbons (Fsp3) is 0.643. The molecule has 2 nitrogen and oxygen atoms in total. The molecular weight excluding hydrogens is 285 g/mol. The van der Waals surface area contributed by atoms with Crippen molar-refractivity contribution in [3.63, 3.8) is 0 Å². The predicted octanol–water partition coefficient (Wildman–Crippen LogP) is 4.22. The van der Waals surface area contributed by atoms with E-state index in [-0.39, 0.29) is 11.5 Å². The van der Waals surface area contributed by atoms with Gasteiger partial charge in [-0.05, 0) is 24.1 Å². The molecule has 0 aliphatic rings. The highest BCUT2D eigenvalue weighted by Gasteiger charge is 2.30. The van der Waals surface area contributed by atoms with E-state index in [4.69, 9.17) is 0 Å². The number of alkyl halides is 3. The van der Waals surface area contributed by atoms with E-state index >= 15 is 0 Å². The lowest BCUT2D eigenvalue weighted by Crippen LogP contribution is -2.42. The Kier molecular flexibility index (Phi) is 5.89. The van der Waals surface area contributed by atoms with Crippen molar-refractivity contribution in [3.8, 4) is 0 Å². The van der Waals surface area contributed by atoms with Crippen LogP contribution in [0.25, 0.3) is 0 Å². The number of rotatable bonds is 5. The molecule has 0 fully saturated rings. The second-order valence-electron chi connectivity index (χ2n) is 5.67. The van der Waals surface area contributed by atoms with E-state index in [9.17, 15) is 13.2 Å². The molecule has 0 radical (unpaired) electrons. The zero-order valence-corrected chi connectivity index (χ0v) is 13.0. The van der Waals surface area contributed by atoms with Gasteiger partial charge in [0.1, 0.15) is 0 Å². The summed E-state index contributed by atoms with van der Waals surface area (Å²) >= 11 is 1.47. The Morgan fingerprint density at radius 2 is 1.90 bits per heavy atom. The van der Waals surface area contributed by atoms with Crippen LogP contribution in [0.1, 0.15) is 33.3 Å². The third-order valence-corrected chi connectivity index (χ3v) is 3.99. The lowest BCUT2D eigenvalue weighted by Gasteiger charge is -2.31. The number of nitrogens with one attached hydrogen (secondary N) is 1. The number of hydrogen-bond donors (Lipinski definition) is 1. The van der Waals surface area contributed by atoms with Crippen LogP contribution in [0.2, 0.25) is 0 Å². The van der Waals surface area contributed by atoms with Gasteiger partial charge in [0.25, 0.3) is 0 Å². The zero-order valence-electron chi connectivity index (χ0n) is 12.2. The lowest BCUT2D eigenvalue weighted by molar-refractivity contribution is -0.137. The first kappa shape index (κ1) is 17.3. The van der Waals surface area contributed by atoms with E-state index < -0.39 is 11.7 Å². The highest BCUT2D eigenvalue weighted by atomic mass is 32.2. The number of pyridine rings is 1. The molecule has 1 atom stereocenters. The third-order valence-electron chi connectivity index (χ3n) is 2.96. The van der Waals surface area contributed by atoms with Gasteiger partial charge in [0.15, 0.2) is 0 Å². The Labute approximate surface area is 122 Å². The average Bonchev–Trinajstić information content (AvgIpc) is 2.32. The zero-order chi connectivity index (χ0) is 15.4. The van der Waals surface area contributed by atoms with Crippen molar-refractivity contribution in [2.24, 2.45) is 5.41 Å². The minimum absolute atomic E-state index is 0.0922. The van der Waals surface area contributed by atoms with Crippen LogP contribution >= 0.6 is 11.8 Å². The maximum atomic E-state index is 12.4. The van der Waals surface area contributed by atoms with Gasteiger partial charge in [0, 0.05) is 18.0 Å². The molecule has 20 heavy (non-hydrogen) atoms. The summed E-state index contributed by atoms with van der Waals surface area (Å²) < 4.78 is 37.3. The largest absolute Gasteiger partial charge is 0.417 e. The van der Waals surface area contributed by atoms with E-state index in [0.29, 0.717) is 5.03 Å². The van der Waals surface area contributed by atoms with E-state index in [1.54, 1.807) is 0 Å². The number of halogens is 3. The van der Waals surface area contributed by atoms with E-state index in [1.165, 1.54) is 17.8 Å². The smallest absolute Gasteiger partial charge is 0.313 e. The van der Waals surface area contributed by atoms with Crippen LogP contribution in [0.5, 0.6) is 0 Å². The molecule has 1 N–H and O–H groups in total. The molecule has 1 aromatic heterocycles. The standard InChI is InChI=1S/C14H21F3N2S/c1-5-18-11(13(2,3)4)9-20-12-7-6-10(8-19-12)14(15,16)17/h6-8,11,18H,5,9H2,1-4H3. The number of aromatic nitrogens is 1. The summed E-state index contributed by atoms with van der Waals surface area (Å²) in [6.45, 7) is 9.33. The van der Waals surface area contributed by atoms with Crippen LogP contribution in [0.4, 0.5) is 13.2 Å². The van der Waals surface area contributed by atoms with Crippen LogP contribution in [-0.4, -0.2) is 23.3 Å². The normalized spacial score (nSPS) is 14.3. The molecule has 1 unspecified atom stereocenters. The minimum Gasteiger partial charge on any atom is -0.313 e. The fourth-order valence-electron chi connectivity index (χ4n) is 1.66. The summed E-state index contributed by atoms with van der Waals surface area (Å²) in [5.41, 5.74) is -0.615. The van der Waals surface area contributed by atoms with Crippen molar-refractivity contribution in [1.82, 2.24) is 10.3 Å². The Morgan fingerprint density at radius 1 is 1.25 bits per heavy atom. The summed E-state index contributed by atoms with van der Waals surface area (Å²) in [7, 11) is 0. The molecule has 0 saturated heterocycles. The first-order valence-corrected chi connectivity index (χ1v) is 7.52. The highest BCUT2D eigenvalue weighted by molar-refractivity contribution is 7.99. The van der Waals surface area contributed by atoms with Crippen molar-refractivity contribution >= 4 is 11.8 Å². The maximum absolute atomic E-state index is 12.4. The Morgan fingerprint density at radius 3 is 2.30 bits per heavy atom. The molecule has 0 spiro atoms. The monoisotopic (exact) mass is 306 g/mol. The molecule has 0 aliphatic carbocycles. The molecule has 0 aliphatic heterocycles.